The van der Waals surface area contributed by atoms with Crippen LogP contribution in [0.5, 0.6) is 5.75 Å². The summed E-state index contributed by atoms with van der Waals surface area (Å²) < 4.78 is 12.5. The number of ether oxygens (including phenoxy) is 2. The monoisotopic (exact) mass is 510 g/mol. The molecule has 1 aromatic carbocycles. The molecule has 2 aromatic rings. The lowest BCUT2D eigenvalue weighted by molar-refractivity contribution is -0.137. The Kier molecular flexibility index (Phi) is 7.94. The van der Waals surface area contributed by atoms with Crippen LogP contribution in [0.4, 0.5) is 5.00 Å². The SMILES string of the molecule is CCOC(=O)c1c(NC(C)=O)sc2c(OCC(=O)N3CCCC[C@H]3CC)c(Br)ccc12. The molecule has 2 amide bonds. The van der Waals surface area contributed by atoms with E-state index in [1.165, 1.54) is 18.3 Å². The largest absolute Gasteiger partial charge is 0.481 e. The number of nitrogens with one attached hydrogen (secondary N) is 1. The number of benzene rings is 1. The number of halogens is 1. The van der Waals surface area contributed by atoms with Gasteiger partial charge in [-0.05, 0) is 54.6 Å². The van der Waals surface area contributed by atoms with E-state index in [9.17, 15) is 14.4 Å². The number of carbonyl (C=O) groups excluding carboxylic acids is 3. The van der Waals surface area contributed by atoms with E-state index >= 15 is 0 Å². The number of rotatable bonds is 7. The van der Waals surface area contributed by atoms with Crippen molar-refractivity contribution in [2.75, 3.05) is 25.1 Å². The van der Waals surface area contributed by atoms with Crippen LogP contribution in [0, 0.1) is 0 Å². The van der Waals surface area contributed by atoms with Crippen molar-refractivity contribution < 1.29 is 23.9 Å². The fraction of sp³-hybridized carbons (Fsp3) is 0.500. The number of hydrogen-bond donors (Lipinski definition) is 1. The van der Waals surface area contributed by atoms with Crippen LogP contribution in [0.25, 0.3) is 10.1 Å². The van der Waals surface area contributed by atoms with Gasteiger partial charge in [-0.25, -0.2) is 4.79 Å². The molecule has 1 saturated heterocycles. The number of amides is 2. The number of piperidine rings is 1. The van der Waals surface area contributed by atoms with Gasteiger partial charge in [-0.1, -0.05) is 13.0 Å². The van der Waals surface area contributed by atoms with Crippen molar-refractivity contribution in [1.29, 1.82) is 0 Å². The van der Waals surface area contributed by atoms with E-state index in [1.54, 1.807) is 19.1 Å². The number of likely N-dealkylation sites (tertiary alicyclic amines) is 1. The average Bonchev–Trinajstić information content (AvgIpc) is 3.10. The van der Waals surface area contributed by atoms with Crippen molar-refractivity contribution >= 4 is 60.1 Å². The molecule has 1 fully saturated rings. The van der Waals surface area contributed by atoms with Gasteiger partial charge in [0, 0.05) is 24.9 Å². The Balaban J connectivity index is 1.93. The molecular weight excluding hydrogens is 484 g/mol. The van der Waals surface area contributed by atoms with Crippen LogP contribution in [-0.4, -0.2) is 48.5 Å². The van der Waals surface area contributed by atoms with Crippen molar-refractivity contribution in [1.82, 2.24) is 4.90 Å². The van der Waals surface area contributed by atoms with Crippen molar-refractivity contribution in [3.05, 3.63) is 22.2 Å². The van der Waals surface area contributed by atoms with E-state index in [-0.39, 0.29) is 31.1 Å². The summed E-state index contributed by atoms with van der Waals surface area (Å²) in [5.41, 5.74) is 0.294. The Labute approximate surface area is 194 Å². The minimum atomic E-state index is -0.513. The first kappa shape index (κ1) is 23.5. The standard InChI is InChI=1S/C22H27BrN2O5S/c1-4-14-8-6-7-11-25(14)17(27)12-30-19-16(23)10-9-15-18(22(28)29-5-2)21(24-13(3)26)31-20(15)19/h9-10,14H,4-8,11-12H2,1-3H3,(H,24,26)/t14-/m1/s1. The molecule has 168 valence electrons. The summed E-state index contributed by atoms with van der Waals surface area (Å²) in [6.45, 7) is 6.10. The molecule has 9 heteroatoms. The third-order valence-corrected chi connectivity index (χ3v) is 7.04. The van der Waals surface area contributed by atoms with Crippen LogP contribution in [0.2, 0.25) is 0 Å². The molecule has 0 aliphatic carbocycles. The molecule has 0 unspecified atom stereocenters. The number of anilines is 1. The minimum absolute atomic E-state index is 0.0419. The fourth-order valence-electron chi connectivity index (χ4n) is 3.87. The molecule has 1 N–H and O–H groups in total. The second-order valence-corrected chi connectivity index (χ2v) is 9.27. The molecule has 0 saturated carbocycles. The van der Waals surface area contributed by atoms with Gasteiger partial charge in [0.15, 0.2) is 12.4 Å². The summed E-state index contributed by atoms with van der Waals surface area (Å²) in [5, 5.41) is 3.73. The van der Waals surface area contributed by atoms with Gasteiger partial charge in [0.1, 0.15) is 10.6 Å². The normalized spacial score (nSPS) is 16.3. The third kappa shape index (κ3) is 5.20. The molecule has 1 atom stereocenters. The maximum atomic E-state index is 12.9. The molecule has 1 aliphatic rings. The highest BCUT2D eigenvalue weighted by Crippen LogP contribution is 2.44. The van der Waals surface area contributed by atoms with Crippen molar-refractivity contribution in [2.24, 2.45) is 0 Å². The van der Waals surface area contributed by atoms with E-state index in [0.717, 1.165) is 32.2 Å². The first-order valence-corrected chi connectivity index (χ1v) is 12.1. The molecule has 1 aromatic heterocycles. The highest BCUT2D eigenvalue weighted by atomic mass is 79.9. The number of thiophene rings is 1. The Morgan fingerprint density at radius 3 is 2.71 bits per heavy atom. The van der Waals surface area contributed by atoms with Gasteiger partial charge in [0.25, 0.3) is 5.91 Å². The third-order valence-electron chi connectivity index (χ3n) is 5.29. The molecule has 2 heterocycles. The summed E-state index contributed by atoms with van der Waals surface area (Å²) in [5.74, 6) is -0.367. The zero-order chi connectivity index (χ0) is 22.5. The lowest BCUT2D eigenvalue weighted by Crippen LogP contribution is -2.45. The van der Waals surface area contributed by atoms with Gasteiger partial charge in [0.05, 0.1) is 15.8 Å². The van der Waals surface area contributed by atoms with Gasteiger partial charge >= 0.3 is 5.97 Å². The summed E-state index contributed by atoms with van der Waals surface area (Å²) in [7, 11) is 0. The van der Waals surface area contributed by atoms with Crippen molar-refractivity contribution in [3.63, 3.8) is 0 Å². The van der Waals surface area contributed by atoms with E-state index in [2.05, 4.69) is 28.2 Å². The van der Waals surface area contributed by atoms with Crippen molar-refractivity contribution in [2.45, 2.75) is 52.5 Å². The van der Waals surface area contributed by atoms with Gasteiger partial charge in [-0.2, -0.15) is 0 Å². The van der Waals surface area contributed by atoms with Crippen molar-refractivity contribution in [3.8, 4) is 5.75 Å². The van der Waals surface area contributed by atoms with E-state index in [1.807, 2.05) is 4.90 Å². The highest BCUT2D eigenvalue weighted by Gasteiger charge is 2.27. The lowest BCUT2D eigenvalue weighted by Gasteiger charge is -2.35. The first-order chi connectivity index (χ1) is 14.9. The van der Waals surface area contributed by atoms with Crippen LogP contribution in [0.15, 0.2) is 16.6 Å². The Morgan fingerprint density at radius 2 is 2.03 bits per heavy atom. The quantitative estimate of drug-likeness (QED) is 0.531. The number of carbonyl (C=O) groups is 3. The molecule has 3 rings (SSSR count). The zero-order valence-corrected chi connectivity index (χ0v) is 20.4. The summed E-state index contributed by atoms with van der Waals surface area (Å²) in [4.78, 5) is 39.0. The smallest absolute Gasteiger partial charge is 0.341 e. The second kappa shape index (κ2) is 10.5. The number of nitrogens with zero attached hydrogens (tertiary/aromatic N) is 1. The van der Waals surface area contributed by atoms with Gasteiger partial charge in [-0.3, -0.25) is 9.59 Å². The summed E-state index contributed by atoms with van der Waals surface area (Å²) in [6.07, 6.45) is 4.11. The summed E-state index contributed by atoms with van der Waals surface area (Å²) in [6, 6.07) is 3.80. The number of esters is 1. The Morgan fingerprint density at radius 1 is 1.26 bits per heavy atom. The molecular formula is C22H27BrN2O5S. The van der Waals surface area contributed by atoms with Gasteiger partial charge in [0.2, 0.25) is 5.91 Å². The average molecular weight is 511 g/mol. The Bertz CT molecular complexity index is 990. The molecule has 0 radical (unpaired) electrons. The number of hydrogen-bond acceptors (Lipinski definition) is 6. The van der Waals surface area contributed by atoms with Crippen LogP contribution >= 0.6 is 27.3 Å². The Hall–Kier alpha value is -2.13. The van der Waals surface area contributed by atoms with Crippen LogP contribution in [0.1, 0.15) is 56.8 Å². The molecule has 31 heavy (non-hydrogen) atoms. The highest BCUT2D eigenvalue weighted by molar-refractivity contribution is 9.10. The van der Waals surface area contributed by atoms with Crippen LogP contribution < -0.4 is 10.1 Å². The molecule has 0 bridgehead atoms. The number of fused-ring (bicyclic) bond motifs is 1. The van der Waals surface area contributed by atoms with Crippen LogP contribution in [-0.2, 0) is 14.3 Å². The topological polar surface area (TPSA) is 84.9 Å². The molecule has 7 nitrogen and oxygen atoms in total. The summed E-state index contributed by atoms with van der Waals surface area (Å²) >= 11 is 4.72. The zero-order valence-electron chi connectivity index (χ0n) is 18.0. The maximum absolute atomic E-state index is 12.9. The lowest BCUT2D eigenvalue weighted by atomic mass is 10.00. The van der Waals surface area contributed by atoms with E-state index in [4.69, 9.17) is 9.47 Å². The van der Waals surface area contributed by atoms with Crippen LogP contribution in [0.3, 0.4) is 0 Å². The van der Waals surface area contributed by atoms with E-state index < -0.39 is 5.97 Å². The second-order valence-electron chi connectivity index (χ2n) is 7.39. The first-order valence-electron chi connectivity index (χ1n) is 10.5. The predicted octanol–water partition coefficient (Wildman–Crippen LogP) is 4.97. The van der Waals surface area contributed by atoms with Gasteiger partial charge in [-0.15, -0.1) is 11.3 Å². The minimum Gasteiger partial charge on any atom is -0.481 e. The molecule has 1 aliphatic heterocycles. The van der Waals surface area contributed by atoms with E-state index in [0.29, 0.717) is 30.9 Å². The maximum Gasteiger partial charge on any atom is 0.341 e. The van der Waals surface area contributed by atoms with Gasteiger partial charge < -0.3 is 19.7 Å². The fourth-order valence-corrected chi connectivity index (χ4v) is 5.68. The molecule has 0 spiro atoms. The predicted molar refractivity (Wildman–Crippen MR) is 125 cm³/mol.